The number of rotatable bonds is 3. The molecule has 0 radical (unpaired) electrons. The fourth-order valence-electron chi connectivity index (χ4n) is 1.65. The summed E-state index contributed by atoms with van der Waals surface area (Å²) in [7, 11) is 0. The van der Waals surface area contributed by atoms with Crippen molar-refractivity contribution in [2.75, 3.05) is 5.32 Å². The van der Waals surface area contributed by atoms with E-state index in [9.17, 15) is 18.4 Å². The van der Waals surface area contributed by atoms with Crippen LogP contribution in [0.3, 0.4) is 0 Å². The van der Waals surface area contributed by atoms with Gasteiger partial charge < -0.3 is 10.4 Å². The first-order valence-electron chi connectivity index (χ1n) is 5.68. The fourth-order valence-corrected chi connectivity index (χ4v) is 1.90. The van der Waals surface area contributed by atoms with Crippen molar-refractivity contribution in [2.45, 2.75) is 0 Å². The largest absolute Gasteiger partial charge is 0.478 e. The Labute approximate surface area is 123 Å². The van der Waals surface area contributed by atoms with Gasteiger partial charge in [-0.2, -0.15) is 0 Å². The third kappa shape index (κ3) is 3.17. The maximum absolute atomic E-state index is 13.6. The highest BCUT2D eigenvalue weighted by Gasteiger charge is 2.18. The summed E-state index contributed by atoms with van der Waals surface area (Å²) in [5.41, 5.74) is -1.04. The maximum Gasteiger partial charge on any atom is 0.335 e. The molecule has 0 aliphatic carbocycles. The van der Waals surface area contributed by atoms with E-state index in [0.717, 1.165) is 24.3 Å². The molecule has 0 bridgehead atoms. The second kappa shape index (κ2) is 5.88. The number of carbonyl (C=O) groups excluding carboxylic acids is 1. The lowest BCUT2D eigenvalue weighted by Gasteiger charge is -2.09. The van der Waals surface area contributed by atoms with Gasteiger partial charge in [0.2, 0.25) is 0 Å². The van der Waals surface area contributed by atoms with Gasteiger partial charge in [-0.25, -0.2) is 13.6 Å². The summed E-state index contributed by atoms with van der Waals surface area (Å²) in [6.07, 6.45) is 0. The van der Waals surface area contributed by atoms with E-state index in [0.29, 0.717) is 0 Å². The van der Waals surface area contributed by atoms with Crippen LogP contribution in [0.25, 0.3) is 0 Å². The summed E-state index contributed by atoms with van der Waals surface area (Å²) in [5.74, 6) is -3.97. The van der Waals surface area contributed by atoms with Crippen molar-refractivity contribution in [1.82, 2.24) is 0 Å². The number of aromatic carboxylic acids is 1. The van der Waals surface area contributed by atoms with Crippen LogP contribution in [-0.4, -0.2) is 17.0 Å². The van der Waals surface area contributed by atoms with Gasteiger partial charge in [0.05, 0.1) is 21.8 Å². The smallest absolute Gasteiger partial charge is 0.335 e. The van der Waals surface area contributed by atoms with E-state index in [1.165, 1.54) is 12.1 Å². The molecule has 7 heteroatoms. The zero-order valence-corrected chi connectivity index (χ0v) is 11.1. The van der Waals surface area contributed by atoms with Crippen LogP contribution in [0, 0.1) is 11.6 Å². The van der Waals surface area contributed by atoms with Gasteiger partial charge in [0.1, 0.15) is 11.6 Å². The van der Waals surface area contributed by atoms with Gasteiger partial charge in [-0.3, -0.25) is 4.79 Å². The first kappa shape index (κ1) is 14.9. The molecule has 0 aliphatic rings. The van der Waals surface area contributed by atoms with Crippen LogP contribution < -0.4 is 5.32 Å². The number of hydrogen-bond acceptors (Lipinski definition) is 2. The molecule has 0 atom stereocenters. The lowest BCUT2D eigenvalue weighted by atomic mass is 10.1. The summed E-state index contributed by atoms with van der Waals surface area (Å²) in [6, 6.07) is 6.53. The zero-order chi connectivity index (χ0) is 15.6. The quantitative estimate of drug-likeness (QED) is 0.910. The van der Waals surface area contributed by atoms with Crippen LogP contribution in [0.15, 0.2) is 36.4 Å². The van der Waals surface area contributed by atoms with E-state index in [1.807, 2.05) is 0 Å². The molecule has 0 unspecified atom stereocenters. The summed E-state index contributed by atoms with van der Waals surface area (Å²) in [6.45, 7) is 0. The third-order valence-electron chi connectivity index (χ3n) is 2.65. The van der Waals surface area contributed by atoms with Gasteiger partial charge in [-0.1, -0.05) is 17.7 Å². The van der Waals surface area contributed by atoms with Crippen molar-refractivity contribution in [3.05, 3.63) is 64.2 Å². The lowest BCUT2D eigenvalue weighted by molar-refractivity contribution is 0.0696. The van der Waals surface area contributed by atoms with Crippen molar-refractivity contribution >= 4 is 29.2 Å². The number of benzene rings is 2. The van der Waals surface area contributed by atoms with Crippen molar-refractivity contribution < 1.29 is 23.5 Å². The summed E-state index contributed by atoms with van der Waals surface area (Å²) >= 11 is 5.72. The minimum absolute atomic E-state index is 0.137. The summed E-state index contributed by atoms with van der Waals surface area (Å²) in [4.78, 5) is 22.8. The number of halogens is 3. The van der Waals surface area contributed by atoms with Crippen molar-refractivity contribution in [1.29, 1.82) is 0 Å². The molecule has 0 heterocycles. The molecule has 0 fully saturated rings. The van der Waals surface area contributed by atoms with E-state index in [-0.39, 0.29) is 16.3 Å². The van der Waals surface area contributed by atoms with E-state index in [4.69, 9.17) is 16.7 Å². The molecule has 2 rings (SSSR count). The molecule has 108 valence electrons. The molecule has 0 saturated heterocycles. The predicted molar refractivity (Wildman–Crippen MR) is 72.7 cm³/mol. The Morgan fingerprint density at radius 2 is 1.81 bits per heavy atom. The average Bonchev–Trinajstić information content (AvgIpc) is 2.40. The van der Waals surface area contributed by atoms with Gasteiger partial charge in [-0.15, -0.1) is 0 Å². The second-order valence-corrected chi connectivity index (χ2v) is 4.46. The first-order chi connectivity index (χ1) is 9.90. The Hall–Kier alpha value is -2.47. The van der Waals surface area contributed by atoms with Gasteiger partial charge in [0.25, 0.3) is 5.91 Å². The highest BCUT2D eigenvalue weighted by atomic mass is 35.5. The second-order valence-electron chi connectivity index (χ2n) is 4.05. The topological polar surface area (TPSA) is 66.4 Å². The highest BCUT2D eigenvalue weighted by molar-refractivity contribution is 6.34. The number of carboxylic acids is 1. The Bertz CT molecular complexity index is 714. The van der Waals surface area contributed by atoms with Crippen LogP contribution in [0.1, 0.15) is 20.7 Å². The molecule has 2 aromatic carbocycles. The van der Waals surface area contributed by atoms with Crippen LogP contribution in [0.2, 0.25) is 5.02 Å². The molecule has 0 spiro atoms. The molecule has 0 saturated carbocycles. The molecule has 21 heavy (non-hydrogen) atoms. The normalized spacial score (nSPS) is 10.2. The SMILES string of the molecule is O=C(O)c1ccc(F)c(NC(=O)c2c(F)cccc2Cl)c1. The summed E-state index contributed by atoms with van der Waals surface area (Å²) in [5, 5.41) is 10.8. The van der Waals surface area contributed by atoms with Crippen LogP contribution in [0.5, 0.6) is 0 Å². The average molecular weight is 312 g/mol. The zero-order valence-electron chi connectivity index (χ0n) is 10.4. The summed E-state index contributed by atoms with van der Waals surface area (Å²) < 4.78 is 27.2. The number of anilines is 1. The number of nitrogens with one attached hydrogen (secondary N) is 1. The standard InChI is InChI=1S/C14H8ClF2NO3/c15-8-2-1-3-10(17)12(8)13(19)18-11-6-7(14(20)21)4-5-9(11)16/h1-6H,(H,18,19)(H,20,21). The fraction of sp³-hybridized carbons (Fsp3) is 0. The number of carbonyl (C=O) groups is 2. The predicted octanol–water partition coefficient (Wildman–Crippen LogP) is 3.57. The Kier molecular flexibility index (Phi) is 4.18. The van der Waals surface area contributed by atoms with Crippen LogP contribution in [-0.2, 0) is 0 Å². The Morgan fingerprint density at radius 1 is 1.10 bits per heavy atom. The van der Waals surface area contributed by atoms with E-state index < -0.39 is 29.1 Å². The van der Waals surface area contributed by atoms with Gasteiger partial charge in [0.15, 0.2) is 0 Å². The molecule has 2 aromatic rings. The third-order valence-corrected chi connectivity index (χ3v) is 2.97. The molecule has 4 nitrogen and oxygen atoms in total. The van der Waals surface area contributed by atoms with Crippen molar-refractivity contribution in [3.8, 4) is 0 Å². The monoisotopic (exact) mass is 311 g/mol. The highest BCUT2D eigenvalue weighted by Crippen LogP contribution is 2.22. The van der Waals surface area contributed by atoms with Crippen LogP contribution >= 0.6 is 11.6 Å². The molecular formula is C14H8ClF2NO3. The Morgan fingerprint density at radius 3 is 2.43 bits per heavy atom. The van der Waals surface area contributed by atoms with E-state index in [1.54, 1.807) is 0 Å². The van der Waals surface area contributed by atoms with Gasteiger partial charge in [-0.05, 0) is 30.3 Å². The van der Waals surface area contributed by atoms with Gasteiger partial charge >= 0.3 is 5.97 Å². The molecule has 2 N–H and O–H groups in total. The minimum atomic E-state index is -1.28. The van der Waals surface area contributed by atoms with E-state index >= 15 is 0 Å². The lowest BCUT2D eigenvalue weighted by Crippen LogP contribution is -2.16. The maximum atomic E-state index is 13.6. The minimum Gasteiger partial charge on any atom is -0.478 e. The van der Waals surface area contributed by atoms with Crippen molar-refractivity contribution in [2.24, 2.45) is 0 Å². The molecule has 0 aromatic heterocycles. The van der Waals surface area contributed by atoms with Gasteiger partial charge in [0, 0.05) is 0 Å². The first-order valence-corrected chi connectivity index (χ1v) is 6.06. The molecule has 1 amide bonds. The number of hydrogen-bond donors (Lipinski definition) is 2. The van der Waals surface area contributed by atoms with Crippen LogP contribution in [0.4, 0.5) is 14.5 Å². The van der Waals surface area contributed by atoms with E-state index in [2.05, 4.69) is 5.32 Å². The number of carboxylic acid groups (broad SMARTS) is 1. The number of amides is 1. The molecular weight excluding hydrogens is 304 g/mol. The molecule has 0 aliphatic heterocycles. The Balaban J connectivity index is 2.36. The van der Waals surface area contributed by atoms with Crippen molar-refractivity contribution in [3.63, 3.8) is 0 Å².